The second kappa shape index (κ2) is 3.72. The van der Waals surface area contributed by atoms with Gasteiger partial charge in [0.2, 0.25) is 0 Å². The van der Waals surface area contributed by atoms with Gasteiger partial charge >= 0.3 is 13.1 Å². The van der Waals surface area contributed by atoms with Crippen LogP contribution in [-0.4, -0.2) is 31.4 Å². The van der Waals surface area contributed by atoms with Crippen LogP contribution in [0, 0.1) is 11.8 Å². The Labute approximate surface area is 103 Å². The van der Waals surface area contributed by atoms with Crippen molar-refractivity contribution in [3.63, 3.8) is 0 Å². The lowest BCUT2D eigenvalue weighted by Crippen LogP contribution is -2.41. The minimum Gasteiger partial charge on any atom is -0.469 e. The number of ether oxygens (including phenoxy) is 1. The standard InChI is InChI=1S/C12H21BO4/c1-7-8(10(14)15-6)9(7)13-16-11(2,3)12(4,5)17-13/h7-9H,1-6H3/t7-,8?,9?/m1/s1. The fourth-order valence-corrected chi connectivity index (χ4v) is 2.46. The first kappa shape index (κ1) is 12.9. The van der Waals surface area contributed by atoms with Crippen molar-refractivity contribution < 1.29 is 18.8 Å². The summed E-state index contributed by atoms with van der Waals surface area (Å²) in [6.45, 7) is 10.1. The number of carbonyl (C=O) groups excluding carboxylic acids is 1. The summed E-state index contributed by atoms with van der Waals surface area (Å²) >= 11 is 0. The Bertz CT molecular complexity index is 323. The van der Waals surface area contributed by atoms with E-state index in [1.165, 1.54) is 7.11 Å². The smallest absolute Gasteiger partial charge is 0.462 e. The Kier molecular flexibility index (Phi) is 2.82. The Morgan fingerprint density at radius 2 is 1.65 bits per heavy atom. The van der Waals surface area contributed by atoms with E-state index < -0.39 is 0 Å². The average Bonchev–Trinajstić information content (AvgIpc) is 2.80. The van der Waals surface area contributed by atoms with Crippen molar-refractivity contribution in [3.05, 3.63) is 0 Å². The van der Waals surface area contributed by atoms with Crippen LogP contribution in [0.4, 0.5) is 0 Å². The summed E-state index contributed by atoms with van der Waals surface area (Å²) < 4.78 is 16.7. The number of hydrogen-bond acceptors (Lipinski definition) is 4. The number of methoxy groups -OCH3 is 1. The van der Waals surface area contributed by atoms with Gasteiger partial charge in [-0.2, -0.15) is 0 Å². The molecule has 1 saturated heterocycles. The third-order valence-electron chi connectivity index (χ3n) is 4.51. The van der Waals surface area contributed by atoms with Gasteiger partial charge < -0.3 is 14.0 Å². The monoisotopic (exact) mass is 240 g/mol. The molecule has 1 aliphatic heterocycles. The molecule has 2 unspecified atom stereocenters. The van der Waals surface area contributed by atoms with E-state index in [4.69, 9.17) is 14.0 Å². The summed E-state index contributed by atoms with van der Waals surface area (Å²) in [7, 11) is 1.13. The first-order chi connectivity index (χ1) is 7.71. The van der Waals surface area contributed by atoms with Gasteiger partial charge in [0.25, 0.3) is 0 Å². The van der Waals surface area contributed by atoms with E-state index in [1.807, 2.05) is 34.6 Å². The fraction of sp³-hybridized carbons (Fsp3) is 0.917. The normalized spacial score (nSPS) is 38.0. The number of esters is 1. The maximum absolute atomic E-state index is 11.5. The van der Waals surface area contributed by atoms with E-state index in [1.54, 1.807) is 0 Å². The molecule has 0 spiro atoms. The molecule has 2 rings (SSSR count). The third-order valence-corrected chi connectivity index (χ3v) is 4.51. The molecule has 5 heteroatoms. The summed E-state index contributed by atoms with van der Waals surface area (Å²) in [5.41, 5.74) is -0.665. The Morgan fingerprint density at radius 1 is 1.18 bits per heavy atom. The molecule has 96 valence electrons. The summed E-state index contributed by atoms with van der Waals surface area (Å²) in [5, 5.41) is 0. The first-order valence-electron chi connectivity index (χ1n) is 6.15. The quantitative estimate of drug-likeness (QED) is 0.546. The van der Waals surface area contributed by atoms with Crippen molar-refractivity contribution in [2.75, 3.05) is 7.11 Å². The molecule has 0 bridgehead atoms. The fourth-order valence-electron chi connectivity index (χ4n) is 2.46. The van der Waals surface area contributed by atoms with E-state index >= 15 is 0 Å². The molecule has 2 aliphatic rings. The first-order valence-corrected chi connectivity index (χ1v) is 6.15. The van der Waals surface area contributed by atoms with Gasteiger partial charge in [-0.3, -0.25) is 4.79 Å². The lowest BCUT2D eigenvalue weighted by Gasteiger charge is -2.32. The molecule has 17 heavy (non-hydrogen) atoms. The van der Waals surface area contributed by atoms with Gasteiger partial charge in [0.05, 0.1) is 24.2 Å². The summed E-state index contributed by atoms with van der Waals surface area (Å²) in [4.78, 5) is 11.5. The lowest BCUT2D eigenvalue weighted by atomic mass is 9.79. The van der Waals surface area contributed by atoms with Gasteiger partial charge in [-0.25, -0.2) is 0 Å². The van der Waals surface area contributed by atoms with E-state index in [-0.39, 0.29) is 41.9 Å². The van der Waals surface area contributed by atoms with Gasteiger partial charge in [-0.05, 0) is 33.6 Å². The van der Waals surface area contributed by atoms with Gasteiger partial charge in [-0.1, -0.05) is 6.92 Å². The second-order valence-corrected chi connectivity index (χ2v) is 6.11. The van der Waals surface area contributed by atoms with Crippen molar-refractivity contribution in [1.29, 1.82) is 0 Å². The van der Waals surface area contributed by atoms with Crippen LogP contribution in [0.25, 0.3) is 0 Å². The summed E-state index contributed by atoms with van der Waals surface area (Å²) in [5.74, 6) is 0.174. The highest BCUT2D eigenvalue weighted by molar-refractivity contribution is 6.49. The van der Waals surface area contributed by atoms with Crippen LogP contribution in [0.5, 0.6) is 0 Å². The maximum Gasteiger partial charge on any atom is 0.462 e. The highest BCUT2D eigenvalue weighted by Crippen LogP contribution is 2.58. The van der Waals surface area contributed by atoms with E-state index in [9.17, 15) is 4.79 Å². The summed E-state index contributed by atoms with van der Waals surface area (Å²) in [6.07, 6.45) is 0. The van der Waals surface area contributed by atoms with Crippen molar-refractivity contribution in [1.82, 2.24) is 0 Å². The topological polar surface area (TPSA) is 44.8 Å². The van der Waals surface area contributed by atoms with Crippen molar-refractivity contribution >= 4 is 13.1 Å². The van der Waals surface area contributed by atoms with Crippen LogP contribution in [0.15, 0.2) is 0 Å². The molecule has 3 atom stereocenters. The molecule has 1 saturated carbocycles. The Morgan fingerprint density at radius 3 is 2.06 bits per heavy atom. The van der Waals surface area contributed by atoms with Crippen LogP contribution in [0.2, 0.25) is 5.82 Å². The largest absolute Gasteiger partial charge is 0.469 e. The molecule has 1 heterocycles. The van der Waals surface area contributed by atoms with Gasteiger partial charge in [0, 0.05) is 5.82 Å². The Hall–Kier alpha value is -0.545. The molecule has 0 aromatic rings. The molecule has 0 N–H and O–H groups in total. The van der Waals surface area contributed by atoms with E-state index in [0.29, 0.717) is 0 Å². The van der Waals surface area contributed by atoms with Gasteiger partial charge in [-0.15, -0.1) is 0 Å². The second-order valence-electron chi connectivity index (χ2n) is 6.11. The molecule has 0 radical (unpaired) electrons. The molecular formula is C12H21BO4. The Balaban J connectivity index is 2.06. The van der Waals surface area contributed by atoms with Gasteiger partial charge in [0.15, 0.2) is 0 Å². The molecule has 0 amide bonds. The molecule has 1 aliphatic carbocycles. The van der Waals surface area contributed by atoms with E-state index in [2.05, 4.69) is 0 Å². The van der Waals surface area contributed by atoms with Crippen LogP contribution in [0.3, 0.4) is 0 Å². The van der Waals surface area contributed by atoms with Crippen molar-refractivity contribution in [2.24, 2.45) is 11.8 Å². The van der Waals surface area contributed by atoms with Crippen LogP contribution in [0.1, 0.15) is 34.6 Å². The average molecular weight is 240 g/mol. The number of carbonyl (C=O) groups is 1. The van der Waals surface area contributed by atoms with Crippen LogP contribution in [-0.2, 0) is 18.8 Å². The highest BCUT2D eigenvalue weighted by Gasteiger charge is 2.65. The zero-order valence-corrected chi connectivity index (χ0v) is 11.4. The SMILES string of the molecule is COC(=O)C1C(B2OC(C)(C)C(C)(C)O2)[C@@H]1C. The zero-order chi connectivity index (χ0) is 13.0. The molecular weight excluding hydrogens is 219 g/mol. The van der Waals surface area contributed by atoms with Gasteiger partial charge in [0.1, 0.15) is 0 Å². The van der Waals surface area contributed by atoms with Crippen molar-refractivity contribution in [2.45, 2.75) is 51.6 Å². The van der Waals surface area contributed by atoms with Crippen LogP contribution < -0.4 is 0 Å². The zero-order valence-electron chi connectivity index (χ0n) is 11.4. The maximum atomic E-state index is 11.5. The third kappa shape index (κ3) is 1.89. The van der Waals surface area contributed by atoms with Crippen LogP contribution >= 0.6 is 0 Å². The molecule has 2 fully saturated rings. The molecule has 0 aromatic carbocycles. The number of hydrogen-bond donors (Lipinski definition) is 0. The highest BCUT2D eigenvalue weighted by atomic mass is 16.7. The summed E-state index contributed by atoms with van der Waals surface area (Å²) in [6, 6.07) is 0. The minimum absolute atomic E-state index is 0.0744. The molecule has 0 aromatic heterocycles. The number of rotatable bonds is 2. The van der Waals surface area contributed by atoms with Crippen molar-refractivity contribution in [3.8, 4) is 0 Å². The predicted octanol–water partition coefficient (Wildman–Crippen LogP) is 1.89. The minimum atomic E-state index is -0.333. The van der Waals surface area contributed by atoms with E-state index in [0.717, 1.165) is 0 Å². The predicted molar refractivity (Wildman–Crippen MR) is 64.5 cm³/mol. The molecule has 4 nitrogen and oxygen atoms in total. The lowest BCUT2D eigenvalue weighted by molar-refractivity contribution is -0.142.